The molecule has 0 unspecified atom stereocenters. The number of aryl methyl sites for hydroxylation is 1. The Labute approximate surface area is 109 Å². The Bertz CT molecular complexity index is 497. The second-order valence-electron chi connectivity index (χ2n) is 3.97. The van der Waals surface area contributed by atoms with E-state index in [0.29, 0.717) is 0 Å². The van der Waals surface area contributed by atoms with Crippen LogP contribution in [0.25, 0.3) is 0 Å². The van der Waals surface area contributed by atoms with Crippen LogP contribution in [-0.4, -0.2) is 39.3 Å². The van der Waals surface area contributed by atoms with E-state index in [1.165, 1.54) is 10.6 Å². The van der Waals surface area contributed by atoms with Crippen LogP contribution in [-0.2, 0) is 16.1 Å². The Morgan fingerprint density at radius 3 is 2.74 bits per heavy atom. The molecule has 0 fully saturated rings. The SMILES string of the molecule is O=C(CCn1ccccc1=O)NCC[C@H](O)C(=O)O. The van der Waals surface area contributed by atoms with Gasteiger partial charge in [0.2, 0.25) is 5.91 Å². The number of hydrogen-bond acceptors (Lipinski definition) is 4. The smallest absolute Gasteiger partial charge is 0.332 e. The largest absolute Gasteiger partial charge is 0.479 e. The zero-order valence-electron chi connectivity index (χ0n) is 10.3. The van der Waals surface area contributed by atoms with Gasteiger partial charge in [0.15, 0.2) is 6.10 Å². The highest BCUT2D eigenvalue weighted by atomic mass is 16.4. The molecule has 0 radical (unpaired) electrons. The van der Waals surface area contributed by atoms with E-state index in [2.05, 4.69) is 5.32 Å². The number of carboxylic acids is 1. The van der Waals surface area contributed by atoms with Crippen LogP contribution in [0.3, 0.4) is 0 Å². The van der Waals surface area contributed by atoms with Gasteiger partial charge in [0.1, 0.15) is 0 Å². The lowest BCUT2D eigenvalue weighted by atomic mass is 10.2. The molecule has 0 aromatic carbocycles. The van der Waals surface area contributed by atoms with Crippen LogP contribution in [0.2, 0.25) is 0 Å². The Balaban J connectivity index is 2.27. The van der Waals surface area contributed by atoms with Gasteiger partial charge in [-0.15, -0.1) is 0 Å². The summed E-state index contributed by atoms with van der Waals surface area (Å²) < 4.78 is 1.41. The first-order valence-corrected chi connectivity index (χ1v) is 5.83. The van der Waals surface area contributed by atoms with Crippen LogP contribution >= 0.6 is 0 Å². The fourth-order valence-electron chi connectivity index (χ4n) is 1.43. The molecule has 0 spiro atoms. The second-order valence-corrected chi connectivity index (χ2v) is 3.97. The van der Waals surface area contributed by atoms with Crippen molar-refractivity contribution < 1.29 is 19.8 Å². The summed E-state index contributed by atoms with van der Waals surface area (Å²) in [5.41, 5.74) is -0.184. The number of aliphatic carboxylic acids is 1. The van der Waals surface area contributed by atoms with E-state index in [4.69, 9.17) is 10.2 Å². The highest BCUT2D eigenvalue weighted by Crippen LogP contribution is 1.91. The number of hydrogen-bond donors (Lipinski definition) is 3. The maximum atomic E-state index is 11.4. The zero-order chi connectivity index (χ0) is 14.3. The van der Waals surface area contributed by atoms with Crippen molar-refractivity contribution in [3.05, 3.63) is 34.7 Å². The molecule has 0 aliphatic carbocycles. The number of amides is 1. The average Bonchev–Trinajstić information content (AvgIpc) is 2.37. The summed E-state index contributed by atoms with van der Waals surface area (Å²) in [6, 6.07) is 4.72. The van der Waals surface area contributed by atoms with Crippen molar-refractivity contribution >= 4 is 11.9 Å². The molecular weight excluding hydrogens is 252 g/mol. The third kappa shape index (κ3) is 5.35. The van der Waals surface area contributed by atoms with Crippen molar-refractivity contribution in [2.75, 3.05) is 6.54 Å². The lowest BCUT2D eigenvalue weighted by Crippen LogP contribution is -2.31. The van der Waals surface area contributed by atoms with E-state index in [1.54, 1.807) is 18.3 Å². The number of rotatable bonds is 7. The monoisotopic (exact) mass is 268 g/mol. The van der Waals surface area contributed by atoms with Gasteiger partial charge in [-0.05, 0) is 6.07 Å². The molecule has 3 N–H and O–H groups in total. The number of carbonyl (C=O) groups excluding carboxylic acids is 1. The fraction of sp³-hybridized carbons (Fsp3) is 0.417. The fourth-order valence-corrected chi connectivity index (χ4v) is 1.43. The van der Waals surface area contributed by atoms with Gasteiger partial charge in [0, 0.05) is 38.2 Å². The van der Waals surface area contributed by atoms with Crippen LogP contribution in [0, 0.1) is 0 Å². The van der Waals surface area contributed by atoms with Gasteiger partial charge < -0.3 is 20.1 Å². The average molecular weight is 268 g/mol. The Hall–Kier alpha value is -2.15. The van der Waals surface area contributed by atoms with E-state index in [1.807, 2.05) is 0 Å². The number of carbonyl (C=O) groups is 2. The molecule has 0 bridgehead atoms. The van der Waals surface area contributed by atoms with E-state index < -0.39 is 12.1 Å². The summed E-state index contributed by atoms with van der Waals surface area (Å²) >= 11 is 0. The van der Waals surface area contributed by atoms with Gasteiger partial charge in [0.25, 0.3) is 5.56 Å². The summed E-state index contributed by atoms with van der Waals surface area (Å²) in [7, 11) is 0. The highest BCUT2D eigenvalue weighted by Gasteiger charge is 2.12. The van der Waals surface area contributed by atoms with Gasteiger partial charge in [0.05, 0.1) is 0 Å². The van der Waals surface area contributed by atoms with Crippen LogP contribution in [0.4, 0.5) is 0 Å². The maximum Gasteiger partial charge on any atom is 0.332 e. The first kappa shape index (κ1) is 14.9. The predicted molar refractivity (Wildman–Crippen MR) is 66.6 cm³/mol. The van der Waals surface area contributed by atoms with Gasteiger partial charge in [-0.3, -0.25) is 9.59 Å². The van der Waals surface area contributed by atoms with Gasteiger partial charge in [-0.1, -0.05) is 6.07 Å². The minimum atomic E-state index is -1.47. The van der Waals surface area contributed by atoms with Crippen LogP contribution in [0.15, 0.2) is 29.2 Å². The van der Waals surface area contributed by atoms with E-state index >= 15 is 0 Å². The topological polar surface area (TPSA) is 109 Å². The molecule has 1 heterocycles. The van der Waals surface area contributed by atoms with Gasteiger partial charge in [-0.2, -0.15) is 0 Å². The molecule has 104 valence electrons. The summed E-state index contributed by atoms with van der Waals surface area (Å²) in [5.74, 6) is -1.61. The molecule has 0 aliphatic rings. The first-order chi connectivity index (χ1) is 9.00. The van der Waals surface area contributed by atoms with E-state index in [9.17, 15) is 14.4 Å². The molecule has 1 amide bonds. The number of aliphatic hydroxyl groups excluding tert-OH is 1. The molecule has 1 aromatic heterocycles. The van der Waals surface area contributed by atoms with Crippen molar-refractivity contribution in [2.24, 2.45) is 0 Å². The zero-order valence-corrected chi connectivity index (χ0v) is 10.3. The molecule has 7 heteroatoms. The molecular formula is C12H16N2O5. The van der Waals surface area contributed by atoms with Crippen molar-refractivity contribution in [3.8, 4) is 0 Å². The van der Waals surface area contributed by atoms with Crippen LogP contribution in [0.1, 0.15) is 12.8 Å². The third-order valence-electron chi connectivity index (χ3n) is 2.50. The molecule has 0 aliphatic heterocycles. The standard InChI is InChI=1S/C12H16N2O5/c15-9(12(18)19)4-6-13-10(16)5-8-14-7-2-1-3-11(14)17/h1-3,7,9,15H,4-6,8H2,(H,13,16)(H,18,19)/t9-/m0/s1. The van der Waals surface area contributed by atoms with Crippen molar-refractivity contribution in [1.29, 1.82) is 0 Å². The molecule has 1 rings (SSSR count). The van der Waals surface area contributed by atoms with Crippen molar-refractivity contribution in [2.45, 2.75) is 25.5 Å². The number of pyridine rings is 1. The molecule has 1 aromatic rings. The summed E-state index contributed by atoms with van der Waals surface area (Å²) in [6.07, 6.45) is 0.181. The summed E-state index contributed by atoms with van der Waals surface area (Å²) in [6.45, 7) is 0.336. The number of nitrogens with zero attached hydrogens (tertiary/aromatic N) is 1. The predicted octanol–water partition coefficient (Wildman–Crippen LogP) is -0.810. The summed E-state index contributed by atoms with van der Waals surface area (Å²) in [5, 5.41) is 19.9. The quantitative estimate of drug-likeness (QED) is 0.599. The lowest BCUT2D eigenvalue weighted by Gasteiger charge is -2.08. The molecule has 19 heavy (non-hydrogen) atoms. The van der Waals surface area contributed by atoms with Crippen LogP contribution < -0.4 is 10.9 Å². The number of nitrogens with one attached hydrogen (secondary N) is 1. The van der Waals surface area contributed by atoms with E-state index in [-0.39, 0.29) is 37.4 Å². The minimum absolute atomic E-state index is 0.0492. The van der Waals surface area contributed by atoms with Crippen LogP contribution in [0.5, 0.6) is 0 Å². The maximum absolute atomic E-state index is 11.4. The van der Waals surface area contributed by atoms with Gasteiger partial charge in [-0.25, -0.2) is 4.79 Å². The second kappa shape index (κ2) is 7.32. The van der Waals surface area contributed by atoms with Gasteiger partial charge >= 0.3 is 5.97 Å². The third-order valence-corrected chi connectivity index (χ3v) is 2.50. The van der Waals surface area contributed by atoms with Crippen molar-refractivity contribution in [3.63, 3.8) is 0 Å². The Morgan fingerprint density at radius 2 is 2.11 bits per heavy atom. The number of carboxylic acid groups (broad SMARTS) is 1. The normalized spacial score (nSPS) is 11.8. The molecule has 1 atom stereocenters. The lowest BCUT2D eigenvalue weighted by molar-refractivity contribution is -0.147. The molecule has 7 nitrogen and oxygen atoms in total. The Morgan fingerprint density at radius 1 is 1.37 bits per heavy atom. The first-order valence-electron chi connectivity index (χ1n) is 5.83. The molecule has 0 saturated carbocycles. The highest BCUT2D eigenvalue weighted by molar-refractivity contribution is 5.76. The van der Waals surface area contributed by atoms with E-state index in [0.717, 1.165) is 0 Å². The summed E-state index contributed by atoms with van der Waals surface area (Å²) in [4.78, 5) is 33.1. The number of aliphatic hydroxyl groups is 1. The number of aromatic nitrogens is 1. The Kier molecular flexibility index (Phi) is 5.74. The molecule has 0 saturated heterocycles. The minimum Gasteiger partial charge on any atom is -0.479 e. The van der Waals surface area contributed by atoms with Crippen molar-refractivity contribution in [1.82, 2.24) is 9.88 Å².